The minimum atomic E-state index is -0.718. The smallest absolute Gasteiger partial charge is 0.303 e. The van der Waals surface area contributed by atoms with Crippen LogP contribution in [0, 0.1) is 0 Å². The molecule has 0 amide bonds. The summed E-state index contributed by atoms with van der Waals surface area (Å²) in [4.78, 5) is 15.4. The first-order valence-electron chi connectivity index (χ1n) is 6.74. The molecular formula is C14H22N2O3. The fourth-order valence-electron chi connectivity index (χ4n) is 2.70. The molecule has 2 unspecified atom stereocenters. The Kier molecular flexibility index (Phi) is 4.61. The zero-order valence-electron chi connectivity index (χ0n) is 11.6. The number of carbonyl (C=O) groups is 1. The fraction of sp³-hybridized carbons (Fsp3) is 0.643. The molecule has 5 heteroatoms. The number of nitrogens with zero attached hydrogens (tertiary/aromatic N) is 2. The van der Waals surface area contributed by atoms with Crippen molar-refractivity contribution in [2.75, 3.05) is 20.1 Å². The molecule has 1 N–H and O–H groups in total. The Morgan fingerprint density at radius 1 is 1.53 bits per heavy atom. The lowest BCUT2D eigenvalue weighted by Crippen LogP contribution is -2.55. The first-order valence-corrected chi connectivity index (χ1v) is 6.74. The van der Waals surface area contributed by atoms with Crippen LogP contribution in [-0.2, 0) is 11.3 Å². The van der Waals surface area contributed by atoms with Gasteiger partial charge in [-0.2, -0.15) is 0 Å². The van der Waals surface area contributed by atoms with Crippen LogP contribution in [0.3, 0.4) is 0 Å². The van der Waals surface area contributed by atoms with Gasteiger partial charge in [0.05, 0.1) is 12.8 Å². The molecule has 2 heterocycles. The molecule has 1 saturated heterocycles. The van der Waals surface area contributed by atoms with E-state index in [0.717, 1.165) is 25.4 Å². The molecule has 0 spiro atoms. The van der Waals surface area contributed by atoms with Crippen LogP contribution in [0.1, 0.15) is 25.5 Å². The van der Waals surface area contributed by atoms with Crippen LogP contribution in [0.5, 0.6) is 0 Å². The van der Waals surface area contributed by atoms with E-state index in [-0.39, 0.29) is 6.42 Å². The molecule has 2 atom stereocenters. The lowest BCUT2D eigenvalue weighted by molar-refractivity contribution is -0.137. The van der Waals surface area contributed by atoms with Crippen molar-refractivity contribution in [3.8, 4) is 0 Å². The second-order valence-electron chi connectivity index (χ2n) is 5.37. The van der Waals surface area contributed by atoms with Gasteiger partial charge in [0.25, 0.3) is 0 Å². The summed E-state index contributed by atoms with van der Waals surface area (Å²) in [6.45, 7) is 4.87. The molecule has 2 rings (SSSR count). The van der Waals surface area contributed by atoms with Crippen LogP contribution < -0.4 is 0 Å². The summed E-state index contributed by atoms with van der Waals surface area (Å²) in [6, 6.07) is 4.61. The van der Waals surface area contributed by atoms with Gasteiger partial charge in [0, 0.05) is 31.6 Å². The quantitative estimate of drug-likeness (QED) is 0.878. The van der Waals surface area contributed by atoms with Gasteiger partial charge in [-0.15, -0.1) is 0 Å². The normalized spacial score (nSPS) is 25.6. The average Bonchev–Trinajstić information content (AvgIpc) is 2.84. The minimum absolute atomic E-state index is 0.232. The Bertz CT molecular complexity index is 405. The van der Waals surface area contributed by atoms with Gasteiger partial charge in [-0.25, -0.2) is 0 Å². The van der Waals surface area contributed by atoms with E-state index in [0.29, 0.717) is 18.5 Å². The van der Waals surface area contributed by atoms with Crippen LogP contribution in [-0.4, -0.2) is 53.1 Å². The van der Waals surface area contributed by atoms with Crippen LogP contribution >= 0.6 is 0 Å². The van der Waals surface area contributed by atoms with Crippen molar-refractivity contribution in [1.82, 2.24) is 9.80 Å². The van der Waals surface area contributed by atoms with Gasteiger partial charge in [-0.3, -0.25) is 14.6 Å². The van der Waals surface area contributed by atoms with E-state index in [1.54, 1.807) is 6.26 Å². The number of hydrogen-bond acceptors (Lipinski definition) is 4. The maximum atomic E-state index is 10.7. The van der Waals surface area contributed by atoms with Crippen molar-refractivity contribution < 1.29 is 14.3 Å². The molecule has 106 valence electrons. The summed E-state index contributed by atoms with van der Waals surface area (Å²) in [5.41, 5.74) is 0. The Hall–Kier alpha value is -1.33. The van der Waals surface area contributed by atoms with Gasteiger partial charge in [0.15, 0.2) is 0 Å². The molecule has 1 aliphatic rings. The Morgan fingerprint density at radius 3 is 2.95 bits per heavy atom. The Morgan fingerprint density at radius 2 is 2.32 bits per heavy atom. The number of carboxylic acid groups (broad SMARTS) is 1. The third kappa shape index (κ3) is 3.81. The molecule has 0 aromatic carbocycles. The predicted octanol–water partition coefficient (Wildman–Crippen LogP) is 1.65. The number of rotatable bonds is 5. The number of likely N-dealkylation sites (N-methyl/N-ethyl adjacent to an activating group) is 1. The third-order valence-corrected chi connectivity index (χ3v) is 3.91. The number of piperazine rings is 1. The molecule has 0 bridgehead atoms. The summed E-state index contributed by atoms with van der Waals surface area (Å²) in [5, 5.41) is 8.82. The lowest BCUT2D eigenvalue weighted by Gasteiger charge is -2.43. The topological polar surface area (TPSA) is 56.9 Å². The van der Waals surface area contributed by atoms with Crippen LogP contribution in [0.25, 0.3) is 0 Å². The van der Waals surface area contributed by atoms with Crippen molar-refractivity contribution in [2.45, 2.75) is 38.4 Å². The molecule has 0 radical (unpaired) electrons. The monoisotopic (exact) mass is 266 g/mol. The summed E-state index contributed by atoms with van der Waals surface area (Å²) in [5.74, 6) is 0.248. The van der Waals surface area contributed by atoms with Gasteiger partial charge >= 0.3 is 5.97 Å². The molecular weight excluding hydrogens is 244 g/mol. The first-order chi connectivity index (χ1) is 9.06. The highest BCUT2D eigenvalue weighted by Crippen LogP contribution is 2.19. The van der Waals surface area contributed by atoms with E-state index in [1.807, 2.05) is 12.1 Å². The first kappa shape index (κ1) is 14.1. The van der Waals surface area contributed by atoms with Gasteiger partial charge in [-0.05, 0) is 32.5 Å². The second kappa shape index (κ2) is 6.21. The molecule has 0 aliphatic carbocycles. The Balaban J connectivity index is 1.93. The maximum absolute atomic E-state index is 10.7. The lowest BCUT2D eigenvalue weighted by atomic mass is 10.0. The number of furan rings is 1. The van der Waals surface area contributed by atoms with Crippen LogP contribution in [0.15, 0.2) is 22.8 Å². The third-order valence-electron chi connectivity index (χ3n) is 3.91. The molecule has 1 aromatic rings. The molecule has 1 aliphatic heterocycles. The number of carboxylic acids is 1. The van der Waals surface area contributed by atoms with E-state index < -0.39 is 5.97 Å². The van der Waals surface area contributed by atoms with E-state index >= 15 is 0 Å². The van der Waals surface area contributed by atoms with E-state index in [2.05, 4.69) is 23.8 Å². The van der Waals surface area contributed by atoms with Crippen molar-refractivity contribution in [1.29, 1.82) is 0 Å². The zero-order chi connectivity index (χ0) is 13.8. The van der Waals surface area contributed by atoms with Crippen LogP contribution in [0.2, 0.25) is 0 Å². The summed E-state index contributed by atoms with van der Waals surface area (Å²) in [6.07, 6.45) is 2.62. The largest absolute Gasteiger partial charge is 0.481 e. The molecule has 0 saturated carbocycles. The van der Waals surface area contributed by atoms with Gasteiger partial charge in [0.1, 0.15) is 5.76 Å². The van der Waals surface area contributed by atoms with Gasteiger partial charge < -0.3 is 9.52 Å². The highest BCUT2D eigenvalue weighted by Gasteiger charge is 2.29. The standard InChI is InChI=1S/C14H22N2O3/c1-11-8-16(10-13-4-3-7-19-13)9-12(15(11)2)5-6-14(17)18/h3-4,7,11-12H,5-6,8-10H2,1-2H3,(H,17,18). The summed E-state index contributed by atoms with van der Waals surface area (Å²) < 4.78 is 5.38. The maximum Gasteiger partial charge on any atom is 0.303 e. The molecule has 19 heavy (non-hydrogen) atoms. The fourth-order valence-corrected chi connectivity index (χ4v) is 2.70. The number of hydrogen-bond donors (Lipinski definition) is 1. The number of aliphatic carboxylic acids is 1. The highest BCUT2D eigenvalue weighted by atomic mass is 16.4. The average molecular weight is 266 g/mol. The molecule has 5 nitrogen and oxygen atoms in total. The second-order valence-corrected chi connectivity index (χ2v) is 5.37. The van der Waals surface area contributed by atoms with E-state index in [9.17, 15) is 4.79 Å². The molecule has 1 aromatic heterocycles. The SMILES string of the molecule is CC1CN(Cc2ccco2)CC(CCC(=O)O)N1C. The predicted molar refractivity (Wildman–Crippen MR) is 71.9 cm³/mol. The van der Waals surface area contributed by atoms with E-state index in [1.165, 1.54) is 0 Å². The highest BCUT2D eigenvalue weighted by molar-refractivity contribution is 5.66. The Labute approximate surface area is 113 Å². The molecule has 1 fully saturated rings. The van der Waals surface area contributed by atoms with Crippen molar-refractivity contribution in [3.63, 3.8) is 0 Å². The summed E-state index contributed by atoms with van der Waals surface area (Å²) in [7, 11) is 2.08. The van der Waals surface area contributed by atoms with Gasteiger partial charge in [0.2, 0.25) is 0 Å². The minimum Gasteiger partial charge on any atom is -0.481 e. The zero-order valence-corrected chi connectivity index (χ0v) is 11.6. The van der Waals surface area contributed by atoms with Crippen molar-refractivity contribution >= 4 is 5.97 Å². The summed E-state index contributed by atoms with van der Waals surface area (Å²) >= 11 is 0. The van der Waals surface area contributed by atoms with Gasteiger partial charge in [-0.1, -0.05) is 0 Å². The van der Waals surface area contributed by atoms with Crippen molar-refractivity contribution in [2.24, 2.45) is 0 Å². The van der Waals surface area contributed by atoms with Crippen molar-refractivity contribution in [3.05, 3.63) is 24.2 Å². The van der Waals surface area contributed by atoms with Crippen LogP contribution in [0.4, 0.5) is 0 Å². The van der Waals surface area contributed by atoms with E-state index in [4.69, 9.17) is 9.52 Å².